The Labute approximate surface area is 179 Å². The molecule has 1 unspecified atom stereocenters. The molecular weight excluding hydrogens is 396 g/mol. The third kappa shape index (κ3) is 5.80. The number of aliphatic hydroxyl groups is 1. The quantitative estimate of drug-likeness (QED) is 0.345. The summed E-state index contributed by atoms with van der Waals surface area (Å²) < 4.78 is 5.08. The monoisotopic (exact) mass is 428 g/mol. The molecule has 0 aromatic heterocycles. The van der Waals surface area contributed by atoms with Crippen LogP contribution in [0.4, 0.5) is 0 Å². The minimum Gasteiger partial charge on any atom is -0.481 e. The van der Waals surface area contributed by atoms with E-state index in [4.69, 9.17) is 9.84 Å². The van der Waals surface area contributed by atoms with Crippen LogP contribution < -0.4 is 10.4 Å². The van der Waals surface area contributed by atoms with E-state index in [0.717, 1.165) is 12.5 Å². The molecule has 5 nitrogen and oxygen atoms in total. The summed E-state index contributed by atoms with van der Waals surface area (Å²) in [6.07, 6.45) is -0.717. The summed E-state index contributed by atoms with van der Waals surface area (Å²) in [4.78, 5) is 22.3. The number of aliphatic carboxylic acids is 1. The summed E-state index contributed by atoms with van der Waals surface area (Å²) in [5, 5.41) is 21.0. The van der Waals surface area contributed by atoms with Gasteiger partial charge in [0.25, 0.3) is 0 Å². The van der Waals surface area contributed by atoms with Gasteiger partial charge in [0, 0.05) is 0 Å². The van der Waals surface area contributed by atoms with Crippen LogP contribution in [0.3, 0.4) is 0 Å². The number of hydrogen-bond acceptors (Lipinski definition) is 4. The Morgan fingerprint density at radius 3 is 1.87 bits per heavy atom. The molecule has 0 saturated carbocycles. The molecule has 0 aliphatic heterocycles. The second-order valence-corrected chi connectivity index (χ2v) is 13.6. The third-order valence-electron chi connectivity index (χ3n) is 5.64. The van der Waals surface area contributed by atoms with Gasteiger partial charge in [0.05, 0.1) is 13.0 Å². The highest BCUT2D eigenvalue weighted by Gasteiger charge is 2.46. The Hall–Kier alpha value is -2.44. The van der Waals surface area contributed by atoms with Gasteiger partial charge in [0.2, 0.25) is 0 Å². The van der Waals surface area contributed by atoms with Gasteiger partial charge < -0.3 is 14.9 Å². The zero-order chi connectivity index (χ0) is 22.2. The van der Waals surface area contributed by atoms with Crippen molar-refractivity contribution in [1.29, 1.82) is 0 Å². The van der Waals surface area contributed by atoms with Gasteiger partial charge in [-0.3, -0.25) is 4.79 Å². The Kier molecular flexibility index (Phi) is 8.38. The molecule has 2 N–H and O–H groups in total. The van der Waals surface area contributed by atoms with Crippen molar-refractivity contribution in [2.24, 2.45) is 0 Å². The number of carbonyl (C=O) groups is 2. The molecule has 0 spiro atoms. The average molecular weight is 429 g/mol. The van der Waals surface area contributed by atoms with Crippen LogP contribution in [0.5, 0.6) is 0 Å². The molecule has 0 aliphatic carbocycles. The van der Waals surface area contributed by atoms with Gasteiger partial charge in [-0.25, -0.2) is 4.79 Å². The van der Waals surface area contributed by atoms with Crippen molar-refractivity contribution in [3.63, 3.8) is 0 Å². The molecule has 2 aromatic rings. The van der Waals surface area contributed by atoms with Crippen LogP contribution in [0.25, 0.3) is 0 Å². The lowest BCUT2D eigenvalue weighted by molar-refractivity contribution is -0.158. The fourth-order valence-corrected chi connectivity index (χ4v) is 9.85. The molecule has 0 amide bonds. The lowest BCUT2D eigenvalue weighted by Gasteiger charge is -2.44. The summed E-state index contributed by atoms with van der Waals surface area (Å²) in [6.45, 7) is 7.10. The Morgan fingerprint density at radius 2 is 1.43 bits per heavy atom. The maximum atomic E-state index is 11.7. The van der Waals surface area contributed by atoms with Crippen LogP contribution >= 0.6 is 0 Å². The van der Waals surface area contributed by atoms with Crippen LogP contribution in [0.2, 0.25) is 11.1 Å². The van der Waals surface area contributed by atoms with Gasteiger partial charge in [-0.2, -0.15) is 0 Å². The fraction of sp³-hybridized carbons (Fsp3) is 0.417. The van der Waals surface area contributed by atoms with Crippen molar-refractivity contribution in [3.8, 4) is 0 Å². The first-order valence-corrected chi connectivity index (χ1v) is 12.6. The highest BCUT2D eigenvalue weighted by Crippen LogP contribution is 2.39. The molecule has 0 heterocycles. The van der Waals surface area contributed by atoms with Gasteiger partial charge in [-0.1, -0.05) is 98.2 Å². The highest BCUT2D eigenvalue weighted by molar-refractivity contribution is 7.04. The first-order chi connectivity index (χ1) is 14.2. The zero-order valence-electron chi connectivity index (χ0n) is 18.0. The molecule has 6 heteroatoms. The van der Waals surface area contributed by atoms with E-state index >= 15 is 0 Å². The van der Waals surface area contributed by atoms with E-state index in [2.05, 4.69) is 69.3 Å². The van der Waals surface area contributed by atoms with E-state index < -0.39 is 32.5 Å². The predicted octanol–water partition coefficient (Wildman–Crippen LogP) is 3.21. The Bertz CT molecular complexity index is 775. The first kappa shape index (κ1) is 23.8. The maximum absolute atomic E-state index is 11.7. The Balaban J connectivity index is 2.14. The molecular formula is C24H32O5Si. The van der Waals surface area contributed by atoms with Crippen LogP contribution in [0.15, 0.2) is 60.7 Å². The summed E-state index contributed by atoms with van der Waals surface area (Å²) in [5.74, 6) is -2.10. The van der Waals surface area contributed by atoms with Crippen molar-refractivity contribution in [2.45, 2.75) is 57.2 Å². The first-order valence-electron chi connectivity index (χ1n) is 10.4. The molecule has 0 fully saturated rings. The summed E-state index contributed by atoms with van der Waals surface area (Å²) in [7, 11) is -2.14. The van der Waals surface area contributed by atoms with E-state index in [1.54, 1.807) is 0 Å². The van der Waals surface area contributed by atoms with Crippen LogP contribution in [0.1, 0.15) is 40.0 Å². The lowest BCUT2D eigenvalue weighted by Crippen LogP contribution is -2.64. The topological polar surface area (TPSA) is 83.8 Å². The maximum Gasteiger partial charge on any atom is 0.335 e. The Morgan fingerprint density at radius 1 is 0.933 bits per heavy atom. The molecule has 0 saturated heterocycles. The zero-order valence-corrected chi connectivity index (χ0v) is 19.0. The number of carboxylic acid groups (broad SMARTS) is 1. The molecule has 162 valence electrons. The summed E-state index contributed by atoms with van der Waals surface area (Å²) in [5.41, 5.74) is 0. The van der Waals surface area contributed by atoms with Crippen molar-refractivity contribution >= 4 is 30.4 Å². The van der Waals surface area contributed by atoms with E-state index in [9.17, 15) is 14.7 Å². The van der Waals surface area contributed by atoms with Crippen molar-refractivity contribution < 1.29 is 24.5 Å². The van der Waals surface area contributed by atoms with Crippen LogP contribution in [0, 0.1) is 0 Å². The molecule has 2 aromatic carbocycles. The summed E-state index contributed by atoms with van der Waals surface area (Å²) >= 11 is 0. The molecule has 0 aliphatic rings. The predicted molar refractivity (Wildman–Crippen MR) is 121 cm³/mol. The van der Waals surface area contributed by atoms with Gasteiger partial charge >= 0.3 is 11.9 Å². The van der Waals surface area contributed by atoms with Gasteiger partial charge in [0.15, 0.2) is 6.10 Å². The molecule has 30 heavy (non-hydrogen) atoms. The van der Waals surface area contributed by atoms with Crippen molar-refractivity contribution in [3.05, 3.63) is 60.7 Å². The number of benzene rings is 2. The molecule has 2 rings (SSSR count). The minimum absolute atomic E-state index is 0.0735. The minimum atomic E-state index is -2.14. The van der Waals surface area contributed by atoms with Gasteiger partial charge in [-0.05, 0) is 17.5 Å². The normalized spacial score (nSPS) is 12.9. The van der Waals surface area contributed by atoms with Crippen LogP contribution in [-0.2, 0) is 14.3 Å². The number of ether oxygens (including phenoxy) is 1. The van der Waals surface area contributed by atoms with Crippen molar-refractivity contribution in [1.82, 2.24) is 0 Å². The van der Waals surface area contributed by atoms with E-state index in [1.165, 1.54) is 10.4 Å². The molecule has 0 bridgehead atoms. The smallest absolute Gasteiger partial charge is 0.335 e. The fourth-order valence-electron chi connectivity index (χ4n) is 4.15. The number of rotatable bonds is 10. The third-order valence-corrected chi connectivity index (χ3v) is 11.9. The van der Waals surface area contributed by atoms with E-state index in [0.29, 0.717) is 6.42 Å². The number of esters is 1. The van der Waals surface area contributed by atoms with E-state index in [-0.39, 0.29) is 11.6 Å². The number of hydrogen-bond donors (Lipinski definition) is 2. The number of carboxylic acids is 1. The largest absolute Gasteiger partial charge is 0.481 e. The molecule has 0 radical (unpaired) electrons. The average Bonchev–Trinajstić information content (AvgIpc) is 2.70. The van der Waals surface area contributed by atoms with Crippen molar-refractivity contribution in [2.75, 3.05) is 6.61 Å². The lowest BCUT2D eigenvalue weighted by atomic mass is 10.2. The number of aliphatic hydroxyl groups excluding tert-OH is 1. The van der Waals surface area contributed by atoms with Crippen LogP contribution in [-0.4, -0.2) is 42.9 Å². The second-order valence-electron chi connectivity index (χ2n) is 8.63. The van der Waals surface area contributed by atoms with Gasteiger partial charge in [0.1, 0.15) is 8.07 Å². The molecule has 1 atom stereocenters. The number of unbranched alkanes of at least 4 members (excludes halogenated alkanes) is 1. The van der Waals surface area contributed by atoms with Gasteiger partial charge in [-0.15, -0.1) is 0 Å². The highest BCUT2D eigenvalue weighted by atomic mass is 28.3. The van der Waals surface area contributed by atoms with E-state index in [1.807, 2.05) is 12.1 Å². The SMILES string of the molecule is CC(C)(C)[Si](CCCCOC(=O)C(O)CC(=O)O)(c1ccccc1)c1ccccc1. The standard InChI is InChI=1S/C24H32O5Si/c1-24(2,3)30(19-12-6-4-7-13-19,20-14-8-5-9-15-20)17-11-10-16-29-23(28)21(25)18-22(26)27/h4-9,12-15,21,25H,10-11,16-18H2,1-3H3,(H,26,27). The number of carbonyl (C=O) groups excluding carboxylic acids is 1. The second kappa shape index (κ2) is 10.5. The summed E-state index contributed by atoms with van der Waals surface area (Å²) in [6, 6.07) is 22.4.